The number of aliphatic hydroxyl groups is 1. The van der Waals surface area contributed by atoms with Gasteiger partial charge in [0.1, 0.15) is 0 Å². The Balaban J connectivity index is 2.57. The number of nitrogens with zero attached hydrogens (tertiary/aromatic N) is 1. The van der Waals surface area contributed by atoms with Gasteiger partial charge < -0.3 is 10.0 Å². The molecule has 1 N–H and O–H groups in total. The van der Waals surface area contributed by atoms with Crippen molar-refractivity contribution < 1.29 is 9.90 Å². The summed E-state index contributed by atoms with van der Waals surface area (Å²) in [7, 11) is 1.77. The lowest BCUT2D eigenvalue weighted by molar-refractivity contribution is -0.132. The highest BCUT2D eigenvalue weighted by Gasteiger charge is 2.32. The van der Waals surface area contributed by atoms with Gasteiger partial charge >= 0.3 is 0 Å². The minimum atomic E-state index is -0.488. The summed E-state index contributed by atoms with van der Waals surface area (Å²) in [6.45, 7) is 2.45. The summed E-state index contributed by atoms with van der Waals surface area (Å²) in [6.07, 6.45) is 0.310. The first-order valence-corrected chi connectivity index (χ1v) is 3.56. The molecule has 58 valence electrons. The third kappa shape index (κ3) is 1.14. The molecule has 2 unspecified atom stereocenters. The number of hydrogen-bond acceptors (Lipinski definition) is 2. The van der Waals surface area contributed by atoms with Crippen molar-refractivity contribution in [2.45, 2.75) is 19.4 Å². The molecule has 0 bridgehead atoms. The predicted octanol–water partition coefficient (Wildman–Crippen LogP) is -0.155. The maximum absolute atomic E-state index is 11.1. The van der Waals surface area contributed by atoms with Gasteiger partial charge in [0.15, 0.2) is 0 Å². The van der Waals surface area contributed by atoms with Crippen molar-refractivity contribution in [3.05, 3.63) is 0 Å². The third-order valence-corrected chi connectivity index (χ3v) is 2.05. The number of hydrogen-bond donors (Lipinski definition) is 1. The van der Waals surface area contributed by atoms with Crippen LogP contribution < -0.4 is 0 Å². The SMILES string of the molecule is CC(O)C1CCN(C)C1=O. The fourth-order valence-electron chi connectivity index (χ4n) is 1.30. The van der Waals surface area contributed by atoms with Crippen LogP contribution in [0.3, 0.4) is 0 Å². The molecule has 2 atom stereocenters. The van der Waals surface area contributed by atoms with Crippen molar-refractivity contribution in [3.63, 3.8) is 0 Å². The zero-order valence-electron chi connectivity index (χ0n) is 6.37. The molecule has 3 heteroatoms. The number of likely N-dealkylation sites (tertiary alicyclic amines) is 1. The number of rotatable bonds is 1. The van der Waals surface area contributed by atoms with Crippen LogP contribution in [0.5, 0.6) is 0 Å². The minimum Gasteiger partial charge on any atom is -0.393 e. The lowest BCUT2D eigenvalue weighted by Crippen LogP contribution is -2.28. The number of amides is 1. The van der Waals surface area contributed by atoms with E-state index in [2.05, 4.69) is 0 Å². The van der Waals surface area contributed by atoms with E-state index in [9.17, 15) is 4.79 Å². The Hall–Kier alpha value is -0.570. The Morgan fingerprint density at radius 3 is 2.60 bits per heavy atom. The van der Waals surface area contributed by atoms with E-state index in [1.165, 1.54) is 0 Å². The summed E-state index contributed by atoms with van der Waals surface area (Å²) in [5.74, 6) is -0.0694. The van der Waals surface area contributed by atoms with Gasteiger partial charge in [-0.15, -0.1) is 0 Å². The Morgan fingerprint density at radius 2 is 2.40 bits per heavy atom. The van der Waals surface area contributed by atoms with Crippen LogP contribution in [0.15, 0.2) is 0 Å². The van der Waals surface area contributed by atoms with Crippen LogP contribution in [0.4, 0.5) is 0 Å². The van der Waals surface area contributed by atoms with Gasteiger partial charge in [-0.25, -0.2) is 0 Å². The molecule has 1 aliphatic heterocycles. The maximum atomic E-state index is 11.1. The van der Waals surface area contributed by atoms with E-state index in [1.807, 2.05) is 0 Å². The Kier molecular flexibility index (Phi) is 1.94. The number of carbonyl (C=O) groups excluding carboxylic acids is 1. The molecule has 1 rings (SSSR count). The van der Waals surface area contributed by atoms with Gasteiger partial charge in [-0.05, 0) is 13.3 Å². The molecule has 0 aromatic carbocycles. The molecule has 3 nitrogen and oxygen atoms in total. The highest BCUT2D eigenvalue weighted by Crippen LogP contribution is 2.19. The molecule has 0 aromatic heterocycles. The van der Waals surface area contributed by atoms with E-state index in [0.717, 1.165) is 13.0 Å². The average Bonchev–Trinajstić information content (AvgIpc) is 2.14. The third-order valence-electron chi connectivity index (χ3n) is 2.05. The van der Waals surface area contributed by atoms with Crippen LogP contribution in [0.2, 0.25) is 0 Å². The van der Waals surface area contributed by atoms with Gasteiger partial charge in [0.25, 0.3) is 0 Å². The molecule has 1 heterocycles. The minimum absolute atomic E-state index is 0.0787. The van der Waals surface area contributed by atoms with E-state index in [4.69, 9.17) is 5.11 Å². The van der Waals surface area contributed by atoms with Gasteiger partial charge in [-0.1, -0.05) is 0 Å². The average molecular weight is 143 g/mol. The Labute approximate surface area is 60.6 Å². The lowest BCUT2D eigenvalue weighted by atomic mass is 10.0. The van der Waals surface area contributed by atoms with Gasteiger partial charge in [0.2, 0.25) is 5.91 Å². The van der Waals surface area contributed by atoms with Crippen molar-refractivity contribution in [2.24, 2.45) is 5.92 Å². The van der Waals surface area contributed by atoms with Crippen LogP contribution in [0.1, 0.15) is 13.3 Å². The predicted molar refractivity (Wildman–Crippen MR) is 37.4 cm³/mol. The highest BCUT2D eigenvalue weighted by molar-refractivity contribution is 5.81. The van der Waals surface area contributed by atoms with Gasteiger partial charge in [0.05, 0.1) is 12.0 Å². The van der Waals surface area contributed by atoms with E-state index in [-0.39, 0.29) is 11.8 Å². The highest BCUT2D eigenvalue weighted by atomic mass is 16.3. The summed E-state index contributed by atoms with van der Waals surface area (Å²) in [6, 6.07) is 0. The molecule has 0 aromatic rings. The first-order chi connectivity index (χ1) is 4.63. The molecular weight excluding hydrogens is 130 g/mol. The van der Waals surface area contributed by atoms with E-state index >= 15 is 0 Å². The summed E-state index contributed by atoms with van der Waals surface area (Å²) >= 11 is 0. The van der Waals surface area contributed by atoms with E-state index in [1.54, 1.807) is 18.9 Å². The summed E-state index contributed by atoms with van der Waals surface area (Å²) in [4.78, 5) is 12.8. The fraction of sp³-hybridized carbons (Fsp3) is 0.857. The zero-order chi connectivity index (χ0) is 7.72. The molecule has 0 saturated carbocycles. The van der Waals surface area contributed by atoms with Gasteiger partial charge in [0, 0.05) is 13.6 Å². The van der Waals surface area contributed by atoms with Crippen molar-refractivity contribution in [2.75, 3.05) is 13.6 Å². The number of carbonyl (C=O) groups is 1. The van der Waals surface area contributed by atoms with Crippen molar-refractivity contribution in [1.29, 1.82) is 0 Å². The van der Waals surface area contributed by atoms with Crippen LogP contribution in [0.25, 0.3) is 0 Å². The standard InChI is InChI=1S/C7H13NO2/c1-5(9)6-3-4-8(2)7(6)10/h5-6,9H,3-4H2,1-2H3. The Bertz CT molecular complexity index is 145. The number of aliphatic hydroxyl groups excluding tert-OH is 1. The van der Waals surface area contributed by atoms with Gasteiger partial charge in [-0.2, -0.15) is 0 Å². The fourth-order valence-corrected chi connectivity index (χ4v) is 1.30. The Morgan fingerprint density at radius 1 is 1.80 bits per heavy atom. The van der Waals surface area contributed by atoms with Crippen molar-refractivity contribution in [1.82, 2.24) is 4.90 Å². The first-order valence-electron chi connectivity index (χ1n) is 3.56. The van der Waals surface area contributed by atoms with Crippen molar-refractivity contribution in [3.8, 4) is 0 Å². The van der Waals surface area contributed by atoms with E-state index in [0.29, 0.717) is 0 Å². The van der Waals surface area contributed by atoms with Crippen LogP contribution in [-0.4, -0.2) is 35.6 Å². The molecule has 0 radical (unpaired) electrons. The second kappa shape index (κ2) is 2.58. The molecule has 0 spiro atoms. The zero-order valence-corrected chi connectivity index (χ0v) is 6.37. The first kappa shape index (κ1) is 7.54. The maximum Gasteiger partial charge on any atom is 0.228 e. The normalized spacial score (nSPS) is 29.3. The molecule has 1 fully saturated rings. The monoisotopic (exact) mass is 143 g/mol. The second-order valence-electron chi connectivity index (χ2n) is 2.90. The smallest absolute Gasteiger partial charge is 0.228 e. The summed E-state index contributed by atoms with van der Waals surface area (Å²) in [5, 5.41) is 9.09. The quantitative estimate of drug-likeness (QED) is 0.554. The van der Waals surface area contributed by atoms with E-state index < -0.39 is 6.10 Å². The van der Waals surface area contributed by atoms with Gasteiger partial charge in [-0.3, -0.25) is 4.79 Å². The topological polar surface area (TPSA) is 40.5 Å². The van der Waals surface area contributed by atoms with Crippen LogP contribution in [-0.2, 0) is 4.79 Å². The van der Waals surface area contributed by atoms with Crippen molar-refractivity contribution >= 4 is 5.91 Å². The molecule has 1 amide bonds. The summed E-state index contributed by atoms with van der Waals surface area (Å²) < 4.78 is 0. The summed E-state index contributed by atoms with van der Waals surface area (Å²) in [5.41, 5.74) is 0. The van der Waals surface area contributed by atoms with Crippen LogP contribution in [0, 0.1) is 5.92 Å². The molecule has 10 heavy (non-hydrogen) atoms. The second-order valence-corrected chi connectivity index (χ2v) is 2.90. The molecule has 0 aliphatic carbocycles. The molecule has 1 aliphatic rings. The largest absolute Gasteiger partial charge is 0.393 e. The lowest BCUT2D eigenvalue weighted by Gasteiger charge is -2.11. The molecular formula is C7H13NO2. The van der Waals surface area contributed by atoms with Crippen LogP contribution >= 0.6 is 0 Å². The molecule has 1 saturated heterocycles.